The Hall–Kier alpha value is -2.43. The van der Waals surface area contributed by atoms with Gasteiger partial charge in [0.2, 0.25) is 21.9 Å². The Morgan fingerprint density at radius 3 is 2.53 bits per heavy atom. The number of sulfonamides is 1. The third-order valence-corrected chi connectivity index (χ3v) is 6.98. The minimum atomic E-state index is -3.91. The molecule has 1 amide bonds. The van der Waals surface area contributed by atoms with Crippen molar-refractivity contribution >= 4 is 45.1 Å². The minimum absolute atomic E-state index is 0.0395. The van der Waals surface area contributed by atoms with Crippen molar-refractivity contribution in [2.75, 3.05) is 18.5 Å². The van der Waals surface area contributed by atoms with Crippen molar-refractivity contribution in [1.82, 2.24) is 14.7 Å². The number of H-pyrrole nitrogens is 1. The molecule has 0 aliphatic rings. The van der Waals surface area contributed by atoms with E-state index in [0.717, 1.165) is 5.56 Å². The first kappa shape index (κ1) is 24.2. The van der Waals surface area contributed by atoms with E-state index in [1.54, 1.807) is 44.2 Å². The molecule has 4 N–H and O–H groups in total. The molecule has 3 rings (SSSR count). The van der Waals surface area contributed by atoms with Crippen molar-refractivity contribution in [1.29, 1.82) is 0 Å². The number of aliphatic hydroxyl groups excluding tert-OH is 1. The molecule has 0 aliphatic carbocycles. The van der Waals surface area contributed by atoms with Crippen LogP contribution in [0.15, 0.2) is 47.4 Å². The van der Waals surface area contributed by atoms with Gasteiger partial charge in [0.05, 0.1) is 23.2 Å². The molecule has 8 nitrogen and oxygen atoms in total. The van der Waals surface area contributed by atoms with Crippen LogP contribution in [0.1, 0.15) is 24.1 Å². The summed E-state index contributed by atoms with van der Waals surface area (Å²) in [5.41, 5.74) is 2.40. The molecule has 0 bridgehead atoms. The van der Waals surface area contributed by atoms with Gasteiger partial charge in [-0.2, -0.15) is 0 Å². The number of amides is 1. The number of rotatable bonds is 8. The van der Waals surface area contributed by atoms with E-state index in [1.165, 1.54) is 12.1 Å². The number of carbonyl (C=O) groups is 1. The van der Waals surface area contributed by atoms with Crippen LogP contribution in [-0.2, 0) is 14.8 Å². The molecule has 1 heterocycles. The number of anilines is 1. The minimum Gasteiger partial charge on any atom is -0.395 e. The van der Waals surface area contributed by atoms with Crippen LogP contribution < -0.4 is 10.0 Å². The number of nitrogens with zero attached hydrogens (tertiary/aromatic N) is 1. The van der Waals surface area contributed by atoms with Crippen molar-refractivity contribution < 1.29 is 18.3 Å². The van der Waals surface area contributed by atoms with Gasteiger partial charge in [0.15, 0.2) is 0 Å². The number of benzene rings is 2. The first-order valence-electron chi connectivity index (χ1n) is 9.65. The number of aliphatic hydroxyl groups is 1. The Morgan fingerprint density at radius 1 is 1.19 bits per heavy atom. The normalized spacial score (nSPS) is 12.5. The Kier molecular flexibility index (Phi) is 7.58. The molecular weight excluding hydrogens is 475 g/mol. The first-order valence-corrected chi connectivity index (χ1v) is 11.9. The van der Waals surface area contributed by atoms with Gasteiger partial charge in [-0.1, -0.05) is 41.4 Å². The number of halogens is 2. The molecule has 0 unspecified atom stereocenters. The van der Waals surface area contributed by atoms with E-state index in [1.807, 2.05) is 0 Å². The highest BCUT2D eigenvalue weighted by Gasteiger charge is 2.21. The molecule has 0 aliphatic heterocycles. The van der Waals surface area contributed by atoms with Gasteiger partial charge in [-0.3, -0.25) is 10.1 Å². The highest BCUT2D eigenvalue weighted by molar-refractivity contribution is 7.89. The molecule has 3 aromatic rings. The van der Waals surface area contributed by atoms with Gasteiger partial charge in [0, 0.05) is 22.8 Å². The SMILES string of the molecule is Cc1[nH]c(NC(=O)[C@@H](C)c2ccc(Cl)cc2)nc1-c1ccc(Cl)c(S(=O)(=O)NCCO)c1. The van der Waals surface area contributed by atoms with Crippen LogP contribution in [0.4, 0.5) is 5.95 Å². The molecule has 170 valence electrons. The van der Waals surface area contributed by atoms with Crippen molar-refractivity contribution in [3.05, 3.63) is 63.8 Å². The summed E-state index contributed by atoms with van der Waals surface area (Å²) in [5.74, 6) is -0.465. The number of hydrogen-bond donors (Lipinski definition) is 4. The largest absolute Gasteiger partial charge is 0.395 e. The maximum atomic E-state index is 12.7. The maximum Gasteiger partial charge on any atom is 0.242 e. The lowest BCUT2D eigenvalue weighted by molar-refractivity contribution is -0.117. The molecule has 0 saturated heterocycles. The zero-order valence-corrected chi connectivity index (χ0v) is 19.6. The van der Waals surface area contributed by atoms with Crippen molar-refractivity contribution in [3.8, 4) is 11.3 Å². The third-order valence-electron chi connectivity index (χ3n) is 4.79. The summed E-state index contributed by atoms with van der Waals surface area (Å²) in [7, 11) is -3.91. The first-order chi connectivity index (χ1) is 15.1. The van der Waals surface area contributed by atoms with E-state index in [9.17, 15) is 13.2 Å². The number of aryl methyl sites for hydroxylation is 1. The van der Waals surface area contributed by atoms with E-state index in [0.29, 0.717) is 22.0 Å². The third kappa shape index (κ3) is 5.48. The molecule has 0 radical (unpaired) electrons. The second-order valence-electron chi connectivity index (χ2n) is 7.09. The van der Waals surface area contributed by atoms with Gasteiger partial charge in [0.25, 0.3) is 0 Å². The Bertz CT molecular complexity index is 1230. The van der Waals surface area contributed by atoms with Crippen LogP contribution in [0.25, 0.3) is 11.3 Å². The highest BCUT2D eigenvalue weighted by atomic mass is 35.5. The fraction of sp³-hybridized carbons (Fsp3) is 0.238. The summed E-state index contributed by atoms with van der Waals surface area (Å²) < 4.78 is 27.2. The van der Waals surface area contributed by atoms with Crippen LogP contribution in [0.2, 0.25) is 10.0 Å². The molecule has 11 heteroatoms. The van der Waals surface area contributed by atoms with Gasteiger partial charge >= 0.3 is 0 Å². The van der Waals surface area contributed by atoms with E-state index in [2.05, 4.69) is 20.0 Å². The lowest BCUT2D eigenvalue weighted by Crippen LogP contribution is -2.26. The highest BCUT2D eigenvalue weighted by Crippen LogP contribution is 2.30. The second kappa shape index (κ2) is 10.0. The molecule has 0 fully saturated rings. The van der Waals surface area contributed by atoms with Crippen molar-refractivity contribution in [3.63, 3.8) is 0 Å². The predicted octanol–water partition coefficient (Wildman–Crippen LogP) is 3.70. The molecule has 32 heavy (non-hydrogen) atoms. The number of carbonyl (C=O) groups excluding carboxylic acids is 1. The van der Waals surface area contributed by atoms with E-state index in [4.69, 9.17) is 28.3 Å². The van der Waals surface area contributed by atoms with Crippen LogP contribution >= 0.6 is 23.2 Å². The number of nitrogens with one attached hydrogen (secondary N) is 3. The number of aromatic amines is 1. The van der Waals surface area contributed by atoms with Crippen molar-refractivity contribution in [2.24, 2.45) is 0 Å². The summed E-state index contributed by atoms with van der Waals surface area (Å²) in [5, 5.41) is 12.3. The summed E-state index contributed by atoms with van der Waals surface area (Å²) in [6, 6.07) is 11.5. The van der Waals surface area contributed by atoms with Crippen LogP contribution in [0, 0.1) is 6.92 Å². The molecule has 2 aromatic carbocycles. The predicted molar refractivity (Wildman–Crippen MR) is 125 cm³/mol. The maximum absolute atomic E-state index is 12.7. The quantitative estimate of drug-likeness (QED) is 0.378. The van der Waals surface area contributed by atoms with Gasteiger partial charge in [-0.05, 0) is 43.7 Å². The fourth-order valence-electron chi connectivity index (χ4n) is 3.04. The standard InChI is InChI=1S/C21H22Cl2N4O4S/c1-12(14-3-6-16(22)7-4-14)20(29)27-21-25-13(2)19(26-21)15-5-8-17(23)18(11-15)32(30,31)24-9-10-28/h3-8,11-12,24,28H,9-10H2,1-2H3,(H2,25,26,27,29)/t12-/m0/s1. The van der Waals surface area contributed by atoms with Crippen LogP contribution in [-0.4, -0.2) is 42.6 Å². The average molecular weight is 497 g/mol. The van der Waals surface area contributed by atoms with E-state index >= 15 is 0 Å². The van der Waals surface area contributed by atoms with Gasteiger partial charge in [-0.25, -0.2) is 18.1 Å². The number of imidazole rings is 1. The Balaban J connectivity index is 1.84. The summed E-state index contributed by atoms with van der Waals surface area (Å²) in [6.07, 6.45) is 0. The molecule has 1 aromatic heterocycles. The molecule has 0 spiro atoms. The second-order valence-corrected chi connectivity index (χ2v) is 9.67. The lowest BCUT2D eigenvalue weighted by Gasteiger charge is -2.11. The Morgan fingerprint density at radius 2 is 1.88 bits per heavy atom. The summed E-state index contributed by atoms with van der Waals surface area (Å²) in [4.78, 5) is 19.9. The average Bonchev–Trinajstić information content (AvgIpc) is 3.12. The van der Waals surface area contributed by atoms with Crippen LogP contribution in [0.3, 0.4) is 0 Å². The fourth-order valence-corrected chi connectivity index (χ4v) is 4.71. The zero-order chi connectivity index (χ0) is 23.5. The lowest BCUT2D eigenvalue weighted by atomic mass is 10.0. The topological polar surface area (TPSA) is 124 Å². The van der Waals surface area contributed by atoms with Gasteiger partial charge in [0.1, 0.15) is 4.90 Å². The Labute approximate surface area is 196 Å². The van der Waals surface area contributed by atoms with E-state index < -0.39 is 15.9 Å². The smallest absolute Gasteiger partial charge is 0.242 e. The van der Waals surface area contributed by atoms with E-state index in [-0.39, 0.29) is 34.9 Å². The molecule has 0 saturated carbocycles. The molecular formula is C21H22Cl2N4O4S. The summed E-state index contributed by atoms with van der Waals surface area (Å²) >= 11 is 12.0. The van der Waals surface area contributed by atoms with Gasteiger partial charge in [-0.15, -0.1) is 0 Å². The van der Waals surface area contributed by atoms with Crippen LogP contribution in [0.5, 0.6) is 0 Å². The summed E-state index contributed by atoms with van der Waals surface area (Å²) in [6.45, 7) is 3.05. The molecule has 1 atom stereocenters. The number of hydrogen-bond acceptors (Lipinski definition) is 5. The monoisotopic (exact) mass is 496 g/mol. The van der Waals surface area contributed by atoms with Gasteiger partial charge < -0.3 is 10.1 Å². The zero-order valence-electron chi connectivity index (χ0n) is 17.3. The van der Waals surface area contributed by atoms with Crippen molar-refractivity contribution in [2.45, 2.75) is 24.7 Å². The number of aromatic nitrogens is 2.